The molecule has 0 saturated carbocycles. The number of hydrogen-bond donors (Lipinski definition) is 1. The Kier molecular flexibility index (Phi) is 2.44. The summed E-state index contributed by atoms with van der Waals surface area (Å²) < 4.78 is 2.00. The van der Waals surface area contributed by atoms with Crippen molar-refractivity contribution in [2.24, 2.45) is 12.8 Å². The number of nitrogens with zero attached hydrogens (tertiary/aromatic N) is 2. The van der Waals surface area contributed by atoms with E-state index in [1.807, 2.05) is 29.8 Å². The molecule has 0 unspecified atom stereocenters. The molecule has 74 valence electrons. The van der Waals surface area contributed by atoms with Crippen LogP contribution in [-0.2, 0) is 13.5 Å². The standard InChI is InChI=1S/C10H12ClN3/c1-14-9(5-6-12)13-8-4-2-3-7(11)10(8)14/h2-4H,5-6,12H2,1H3. The fourth-order valence-electron chi connectivity index (χ4n) is 1.62. The fraction of sp³-hybridized carbons (Fsp3) is 0.300. The highest BCUT2D eigenvalue weighted by molar-refractivity contribution is 6.34. The van der Waals surface area contributed by atoms with Crippen molar-refractivity contribution in [1.29, 1.82) is 0 Å². The van der Waals surface area contributed by atoms with Gasteiger partial charge in [-0.1, -0.05) is 17.7 Å². The first kappa shape index (κ1) is 9.49. The van der Waals surface area contributed by atoms with Gasteiger partial charge in [-0.05, 0) is 18.7 Å². The lowest BCUT2D eigenvalue weighted by Crippen LogP contribution is -2.07. The van der Waals surface area contributed by atoms with Crippen molar-refractivity contribution < 1.29 is 0 Å². The average Bonchev–Trinajstić information content (AvgIpc) is 2.46. The van der Waals surface area contributed by atoms with Gasteiger partial charge in [-0.25, -0.2) is 4.98 Å². The number of para-hydroxylation sites is 1. The van der Waals surface area contributed by atoms with Crippen LogP contribution in [0.25, 0.3) is 11.0 Å². The summed E-state index contributed by atoms with van der Waals surface area (Å²) in [6, 6.07) is 5.74. The first-order chi connectivity index (χ1) is 6.74. The predicted molar refractivity (Wildman–Crippen MR) is 58.5 cm³/mol. The van der Waals surface area contributed by atoms with Gasteiger partial charge in [0, 0.05) is 13.5 Å². The number of aromatic nitrogens is 2. The molecule has 1 heterocycles. The molecule has 0 amide bonds. The molecule has 0 fully saturated rings. The average molecular weight is 210 g/mol. The van der Waals surface area contributed by atoms with E-state index in [4.69, 9.17) is 17.3 Å². The highest BCUT2D eigenvalue weighted by atomic mass is 35.5. The van der Waals surface area contributed by atoms with Crippen molar-refractivity contribution in [3.63, 3.8) is 0 Å². The van der Waals surface area contributed by atoms with E-state index in [-0.39, 0.29) is 0 Å². The molecule has 2 rings (SSSR count). The van der Waals surface area contributed by atoms with Crippen molar-refractivity contribution in [3.8, 4) is 0 Å². The maximum absolute atomic E-state index is 6.08. The minimum Gasteiger partial charge on any atom is -0.330 e. The molecule has 14 heavy (non-hydrogen) atoms. The van der Waals surface area contributed by atoms with Gasteiger partial charge in [-0.2, -0.15) is 0 Å². The van der Waals surface area contributed by atoms with Crippen LogP contribution in [0.3, 0.4) is 0 Å². The van der Waals surface area contributed by atoms with Crippen LogP contribution in [0.4, 0.5) is 0 Å². The van der Waals surface area contributed by atoms with Gasteiger partial charge >= 0.3 is 0 Å². The van der Waals surface area contributed by atoms with Crippen molar-refractivity contribution in [3.05, 3.63) is 29.0 Å². The van der Waals surface area contributed by atoms with Gasteiger partial charge < -0.3 is 10.3 Å². The second kappa shape index (κ2) is 3.59. The minimum atomic E-state index is 0.606. The predicted octanol–water partition coefficient (Wildman–Crippen LogP) is 1.73. The first-order valence-corrected chi connectivity index (χ1v) is 4.91. The van der Waals surface area contributed by atoms with E-state index < -0.39 is 0 Å². The molecule has 4 heteroatoms. The summed E-state index contributed by atoms with van der Waals surface area (Å²) in [5.41, 5.74) is 7.42. The van der Waals surface area contributed by atoms with E-state index in [1.54, 1.807) is 0 Å². The highest BCUT2D eigenvalue weighted by Gasteiger charge is 2.08. The summed E-state index contributed by atoms with van der Waals surface area (Å²) in [6.07, 6.45) is 0.779. The second-order valence-electron chi connectivity index (χ2n) is 3.23. The van der Waals surface area contributed by atoms with Crippen LogP contribution in [0.2, 0.25) is 5.02 Å². The minimum absolute atomic E-state index is 0.606. The molecule has 0 saturated heterocycles. The Bertz CT molecular complexity index is 462. The topological polar surface area (TPSA) is 43.8 Å². The van der Waals surface area contributed by atoms with Crippen molar-refractivity contribution in [2.75, 3.05) is 6.54 Å². The van der Waals surface area contributed by atoms with Gasteiger partial charge in [0.2, 0.25) is 0 Å². The summed E-state index contributed by atoms with van der Waals surface area (Å²) in [5.74, 6) is 0.982. The van der Waals surface area contributed by atoms with Gasteiger partial charge in [0.05, 0.1) is 16.1 Å². The molecule has 0 bridgehead atoms. The largest absolute Gasteiger partial charge is 0.330 e. The maximum Gasteiger partial charge on any atom is 0.110 e. The van der Waals surface area contributed by atoms with Crippen LogP contribution in [0.15, 0.2) is 18.2 Å². The zero-order chi connectivity index (χ0) is 10.1. The molecular formula is C10H12ClN3. The van der Waals surface area contributed by atoms with Crippen LogP contribution >= 0.6 is 11.6 Å². The molecule has 0 aliphatic heterocycles. The Hall–Kier alpha value is -1.06. The van der Waals surface area contributed by atoms with E-state index >= 15 is 0 Å². The summed E-state index contributed by atoms with van der Waals surface area (Å²) in [7, 11) is 1.96. The zero-order valence-corrected chi connectivity index (χ0v) is 8.75. The fourth-order valence-corrected chi connectivity index (χ4v) is 1.92. The second-order valence-corrected chi connectivity index (χ2v) is 3.64. The molecule has 0 aliphatic rings. The lowest BCUT2D eigenvalue weighted by atomic mass is 10.3. The van der Waals surface area contributed by atoms with Crippen LogP contribution in [0, 0.1) is 0 Å². The van der Waals surface area contributed by atoms with E-state index in [0.29, 0.717) is 6.54 Å². The number of hydrogen-bond acceptors (Lipinski definition) is 2. The quantitative estimate of drug-likeness (QED) is 0.819. The van der Waals surface area contributed by atoms with Crippen molar-refractivity contribution >= 4 is 22.6 Å². The Balaban J connectivity index is 2.68. The Morgan fingerprint density at radius 2 is 2.29 bits per heavy atom. The van der Waals surface area contributed by atoms with E-state index in [9.17, 15) is 0 Å². The van der Waals surface area contributed by atoms with Crippen molar-refractivity contribution in [2.45, 2.75) is 6.42 Å². The molecule has 1 aromatic carbocycles. The molecule has 0 spiro atoms. The Labute approximate surface area is 87.5 Å². The molecule has 2 aromatic rings. The summed E-state index contributed by atoms with van der Waals surface area (Å²) >= 11 is 6.08. The van der Waals surface area contributed by atoms with Crippen LogP contribution in [0.5, 0.6) is 0 Å². The van der Waals surface area contributed by atoms with Crippen LogP contribution in [-0.4, -0.2) is 16.1 Å². The lowest BCUT2D eigenvalue weighted by Gasteiger charge is -2.00. The molecule has 0 radical (unpaired) electrons. The zero-order valence-electron chi connectivity index (χ0n) is 8.00. The van der Waals surface area contributed by atoms with Gasteiger partial charge in [0.15, 0.2) is 0 Å². The van der Waals surface area contributed by atoms with Gasteiger partial charge in [0.1, 0.15) is 5.82 Å². The number of fused-ring (bicyclic) bond motifs is 1. The van der Waals surface area contributed by atoms with Gasteiger partial charge in [-0.15, -0.1) is 0 Å². The maximum atomic E-state index is 6.08. The first-order valence-electron chi connectivity index (χ1n) is 4.54. The highest BCUT2D eigenvalue weighted by Crippen LogP contribution is 2.23. The number of imidazole rings is 1. The summed E-state index contributed by atoms with van der Waals surface area (Å²) in [4.78, 5) is 4.46. The molecular weight excluding hydrogens is 198 g/mol. The molecule has 2 N–H and O–H groups in total. The molecule has 3 nitrogen and oxygen atoms in total. The number of rotatable bonds is 2. The third kappa shape index (κ3) is 1.38. The Morgan fingerprint density at radius 1 is 1.50 bits per heavy atom. The third-order valence-corrected chi connectivity index (χ3v) is 2.61. The van der Waals surface area contributed by atoms with Crippen LogP contribution < -0.4 is 5.73 Å². The SMILES string of the molecule is Cn1c(CCN)nc2cccc(Cl)c21. The molecule has 0 atom stereocenters. The van der Waals surface area contributed by atoms with Gasteiger partial charge in [0.25, 0.3) is 0 Å². The number of aryl methyl sites for hydroxylation is 1. The smallest absolute Gasteiger partial charge is 0.110 e. The summed E-state index contributed by atoms with van der Waals surface area (Å²) in [6.45, 7) is 0.606. The number of halogens is 1. The summed E-state index contributed by atoms with van der Waals surface area (Å²) in [5, 5.41) is 0.737. The Morgan fingerprint density at radius 3 is 2.93 bits per heavy atom. The normalized spacial score (nSPS) is 11.1. The van der Waals surface area contributed by atoms with E-state index in [2.05, 4.69) is 4.98 Å². The lowest BCUT2D eigenvalue weighted by molar-refractivity contribution is 0.794. The van der Waals surface area contributed by atoms with Crippen LogP contribution in [0.1, 0.15) is 5.82 Å². The van der Waals surface area contributed by atoms with E-state index in [0.717, 1.165) is 28.3 Å². The van der Waals surface area contributed by atoms with E-state index in [1.165, 1.54) is 0 Å². The van der Waals surface area contributed by atoms with Gasteiger partial charge in [-0.3, -0.25) is 0 Å². The number of nitrogens with two attached hydrogens (primary N) is 1. The molecule has 1 aromatic heterocycles. The monoisotopic (exact) mass is 209 g/mol. The third-order valence-electron chi connectivity index (χ3n) is 2.31. The van der Waals surface area contributed by atoms with Crippen molar-refractivity contribution in [1.82, 2.24) is 9.55 Å². The molecule has 0 aliphatic carbocycles. The number of benzene rings is 1.